The summed E-state index contributed by atoms with van der Waals surface area (Å²) in [6.07, 6.45) is -2.49. The Kier molecular flexibility index (Phi) is 18.0. The van der Waals surface area contributed by atoms with Gasteiger partial charge in [-0.2, -0.15) is 0 Å². The van der Waals surface area contributed by atoms with Crippen molar-refractivity contribution in [1.29, 1.82) is 0 Å². The van der Waals surface area contributed by atoms with Crippen molar-refractivity contribution in [3.8, 4) is 20.9 Å². The number of amides is 7. The van der Waals surface area contributed by atoms with Crippen LogP contribution in [0, 0.1) is 25.2 Å². The Morgan fingerprint density at radius 1 is 0.800 bits per heavy atom. The molecule has 3 aromatic carbocycles. The number of β-amino-alcohol motifs (C(OH)–C–C–N with tert-alkyl or cyclic N) is 1. The molecular formula is C59H73N9O10S2. The number of aliphatic hydroxyl groups excluding tert-OH is 1. The van der Waals surface area contributed by atoms with E-state index in [-0.39, 0.29) is 64.0 Å². The van der Waals surface area contributed by atoms with Crippen molar-refractivity contribution >= 4 is 64.2 Å². The zero-order chi connectivity index (χ0) is 57.8. The Labute approximate surface area is 475 Å². The van der Waals surface area contributed by atoms with Crippen LogP contribution in [-0.2, 0) is 53.1 Å². The molecule has 2 aromatic heterocycles. The van der Waals surface area contributed by atoms with Crippen LogP contribution in [0.2, 0.25) is 0 Å². The van der Waals surface area contributed by atoms with E-state index < -0.39 is 89.1 Å². The largest absolute Gasteiger partial charge is 0.441 e. The number of fused-ring (bicyclic) bond motifs is 1. The second-order valence-electron chi connectivity index (χ2n) is 23.2. The van der Waals surface area contributed by atoms with E-state index in [1.165, 1.54) is 9.80 Å². The molecule has 1 unspecified atom stereocenters. The van der Waals surface area contributed by atoms with Crippen LogP contribution in [0.4, 0.5) is 4.79 Å². The molecule has 3 aliphatic heterocycles. The minimum atomic E-state index is -1.41. The number of thiazole rings is 2. The molecule has 7 amide bonds. The Morgan fingerprint density at radius 3 is 1.94 bits per heavy atom. The molecule has 0 bridgehead atoms. The van der Waals surface area contributed by atoms with Gasteiger partial charge in [0.2, 0.25) is 29.5 Å². The molecule has 6 atom stereocenters. The van der Waals surface area contributed by atoms with E-state index in [0.29, 0.717) is 5.56 Å². The van der Waals surface area contributed by atoms with Gasteiger partial charge in [0, 0.05) is 51.1 Å². The summed E-state index contributed by atoms with van der Waals surface area (Å²) in [6, 6.07) is 19.9. The number of likely N-dealkylation sites (tertiary alicyclic amines) is 2. The van der Waals surface area contributed by atoms with E-state index >= 15 is 0 Å². The fourth-order valence-electron chi connectivity index (χ4n) is 10.6. The van der Waals surface area contributed by atoms with Gasteiger partial charge in [-0.05, 0) is 79.8 Å². The zero-order valence-corrected chi connectivity index (χ0v) is 48.7. The van der Waals surface area contributed by atoms with E-state index in [1.807, 2.05) is 88.4 Å². The smallest absolute Gasteiger partial charge is 0.408 e. The standard InChI is InChI=1S/C59H73N9O10S2/c1-34(2)47(67-28-41-13-11-12-14-44(41)52(67)72)53(73)68-30-43(24-59(68,10)55(75)61-26-38-17-21-40(22-18-38)49-36(4)64-33-80-49)77-31-58(8,9)78-56(76)62-27-46(70)65-50(57(5,6)7)54(74)66-29-42(69)23-45(66)51(71)60-25-37-15-19-39(20-16-37)48-35(3)63-32-79-48/h11-22,32-34,42-43,45,47,50,69H,23-31H2,1-10H3,(H,60,71)(H,61,75)(H,62,76)(H,65,70)/t42-,43-,45+,47+,50-,59?/m1/s1. The van der Waals surface area contributed by atoms with Gasteiger partial charge in [-0.15, -0.1) is 22.7 Å². The summed E-state index contributed by atoms with van der Waals surface area (Å²) in [5, 5.41) is 21.9. The average Bonchev–Trinajstić information content (AvgIpc) is 4.32. The van der Waals surface area contributed by atoms with Crippen molar-refractivity contribution in [3.05, 3.63) is 117 Å². The van der Waals surface area contributed by atoms with Crippen molar-refractivity contribution in [3.63, 3.8) is 0 Å². The molecule has 8 rings (SSSR count). The molecule has 0 spiro atoms. The Bertz CT molecular complexity index is 3100. The highest BCUT2D eigenvalue weighted by Crippen LogP contribution is 2.37. The van der Waals surface area contributed by atoms with Crippen LogP contribution < -0.4 is 21.3 Å². The number of carbonyl (C=O) groups excluding carboxylic acids is 7. The van der Waals surface area contributed by atoms with Crippen molar-refractivity contribution < 1.29 is 48.1 Å². The topological polar surface area (TPSA) is 242 Å². The molecular weight excluding hydrogens is 1060 g/mol. The lowest BCUT2D eigenvalue weighted by Gasteiger charge is -2.39. The third kappa shape index (κ3) is 13.4. The van der Waals surface area contributed by atoms with Gasteiger partial charge in [0.15, 0.2) is 0 Å². The van der Waals surface area contributed by atoms with Gasteiger partial charge < -0.3 is 50.5 Å². The molecule has 0 aliphatic carbocycles. The molecule has 19 nitrogen and oxygen atoms in total. The third-order valence-electron chi connectivity index (χ3n) is 15.0. The number of hydrogen-bond acceptors (Lipinski definition) is 14. The van der Waals surface area contributed by atoms with E-state index in [2.05, 4.69) is 31.2 Å². The van der Waals surface area contributed by atoms with Crippen LogP contribution >= 0.6 is 22.7 Å². The number of benzene rings is 3. The summed E-state index contributed by atoms with van der Waals surface area (Å²) < 4.78 is 12.2. The van der Waals surface area contributed by atoms with Crippen molar-refractivity contribution in [2.24, 2.45) is 11.3 Å². The fraction of sp³-hybridized carbons (Fsp3) is 0.475. The van der Waals surface area contributed by atoms with Crippen molar-refractivity contribution in [2.45, 2.75) is 143 Å². The molecule has 21 heteroatoms. The number of rotatable bonds is 19. The lowest BCUT2D eigenvalue weighted by molar-refractivity contribution is -0.148. The quantitative estimate of drug-likeness (QED) is 0.0593. The van der Waals surface area contributed by atoms with Gasteiger partial charge in [-0.25, -0.2) is 14.8 Å². The van der Waals surface area contributed by atoms with Gasteiger partial charge in [0.05, 0.1) is 51.0 Å². The number of nitrogens with one attached hydrogen (secondary N) is 4. The number of aromatic nitrogens is 2. The molecule has 0 radical (unpaired) electrons. The van der Waals surface area contributed by atoms with Gasteiger partial charge in [-0.1, -0.05) is 101 Å². The number of aryl methyl sites for hydroxylation is 2. The van der Waals surface area contributed by atoms with Crippen LogP contribution in [-0.4, -0.2) is 139 Å². The average molecular weight is 1130 g/mol. The molecule has 2 fully saturated rings. The molecule has 80 heavy (non-hydrogen) atoms. The highest BCUT2D eigenvalue weighted by Gasteiger charge is 2.54. The maximum atomic E-state index is 15.0. The summed E-state index contributed by atoms with van der Waals surface area (Å²) in [4.78, 5) is 113. The fourth-order valence-corrected chi connectivity index (χ4v) is 12.3. The van der Waals surface area contributed by atoms with Gasteiger partial charge in [0.25, 0.3) is 5.91 Å². The first kappa shape index (κ1) is 59.1. The number of carbonyl (C=O) groups is 7. The second-order valence-corrected chi connectivity index (χ2v) is 24.9. The first-order valence-electron chi connectivity index (χ1n) is 26.9. The molecule has 2 saturated heterocycles. The number of ether oxygens (including phenoxy) is 2. The molecule has 426 valence electrons. The summed E-state index contributed by atoms with van der Waals surface area (Å²) in [6.45, 7) is 17.7. The van der Waals surface area contributed by atoms with Gasteiger partial charge >= 0.3 is 6.09 Å². The zero-order valence-electron chi connectivity index (χ0n) is 47.1. The maximum absolute atomic E-state index is 15.0. The van der Waals surface area contributed by atoms with E-state index in [0.717, 1.165) is 49.0 Å². The Morgan fingerprint density at radius 2 is 1.39 bits per heavy atom. The number of nitrogens with zero attached hydrogens (tertiary/aromatic N) is 5. The lowest BCUT2D eigenvalue weighted by Crippen LogP contribution is -2.60. The summed E-state index contributed by atoms with van der Waals surface area (Å²) in [5.41, 5.74) is 7.00. The lowest BCUT2D eigenvalue weighted by atomic mass is 9.85. The normalized spacial score (nSPS) is 19.9. The first-order chi connectivity index (χ1) is 37.8. The van der Waals surface area contributed by atoms with Crippen LogP contribution in [0.5, 0.6) is 0 Å². The summed E-state index contributed by atoms with van der Waals surface area (Å²) >= 11 is 3.10. The third-order valence-corrected chi connectivity index (χ3v) is 16.9. The second kappa shape index (κ2) is 24.3. The minimum Gasteiger partial charge on any atom is -0.441 e. The van der Waals surface area contributed by atoms with E-state index in [1.54, 1.807) is 92.3 Å². The van der Waals surface area contributed by atoms with Gasteiger partial charge in [-0.3, -0.25) is 28.8 Å². The Balaban J connectivity index is 0.868. The van der Waals surface area contributed by atoms with E-state index in [4.69, 9.17) is 9.47 Å². The maximum Gasteiger partial charge on any atom is 0.408 e. The predicted octanol–water partition coefficient (Wildman–Crippen LogP) is 6.54. The highest BCUT2D eigenvalue weighted by atomic mass is 32.1. The number of hydrogen-bond donors (Lipinski definition) is 5. The number of alkyl carbamates (subject to hydrolysis) is 1. The predicted molar refractivity (Wildman–Crippen MR) is 304 cm³/mol. The molecule has 5 aromatic rings. The van der Waals surface area contributed by atoms with E-state index in [9.17, 15) is 38.7 Å². The van der Waals surface area contributed by atoms with Crippen LogP contribution in [0.1, 0.15) is 107 Å². The molecule has 5 heterocycles. The van der Waals surface area contributed by atoms with Crippen LogP contribution in [0.25, 0.3) is 20.9 Å². The van der Waals surface area contributed by atoms with Crippen LogP contribution in [0.15, 0.2) is 83.8 Å². The molecule has 5 N–H and O–H groups in total. The van der Waals surface area contributed by atoms with Crippen LogP contribution in [0.3, 0.4) is 0 Å². The van der Waals surface area contributed by atoms with Crippen molar-refractivity contribution in [1.82, 2.24) is 45.9 Å². The number of aliphatic hydroxyl groups is 1. The SMILES string of the molecule is Cc1ncsc1-c1ccc(CNC(=O)[C@@H]2C[C@@H](O)CN2C(=O)[C@@H](NC(=O)CNC(=O)OC(C)(C)CO[C@H]2CN(C(=O)[C@H](C(C)C)N3Cc4ccccc4C3=O)C(C)(C(=O)NCc3ccc(-c4scnc4C)cc3)C2)C(C)(C)C)cc1. The van der Waals surface area contributed by atoms with Gasteiger partial charge in [0.1, 0.15) is 35.8 Å². The van der Waals surface area contributed by atoms with Crippen molar-refractivity contribution in [2.75, 3.05) is 26.2 Å². The molecule has 0 saturated carbocycles. The highest BCUT2D eigenvalue weighted by molar-refractivity contribution is 7.13. The first-order valence-corrected chi connectivity index (χ1v) is 28.7. The Hall–Kier alpha value is -7.07. The monoisotopic (exact) mass is 1130 g/mol. The minimum absolute atomic E-state index is 0.00489. The summed E-state index contributed by atoms with van der Waals surface area (Å²) in [7, 11) is 0. The molecule has 3 aliphatic rings. The summed E-state index contributed by atoms with van der Waals surface area (Å²) in [5.74, 6) is -3.06.